The number of ether oxygens (including phenoxy) is 1. The number of rotatable bonds is 6. The zero-order chi connectivity index (χ0) is 14.6. The van der Waals surface area contributed by atoms with E-state index in [-0.39, 0.29) is 17.3 Å². The molecule has 1 fully saturated rings. The molecular weight excluding hydrogens is 236 g/mol. The van der Waals surface area contributed by atoms with Crippen molar-refractivity contribution < 1.29 is 9.53 Å². The lowest BCUT2D eigenvalue weighted by Crippen LogP contribution is -2.10. The van der Waals surface area contributed by atoms with Gasteiger partial charge in [-0.15, -0.1) is 0 Å². The molecule has 0 aromatic heterocycles. The van der Waals surface area contributed by atoms with Crippen molar-refractivity contribution in [1.82, 2.24) is 0 Å². The second-order valence-corrected chi connectivity index (χ2v) is 6.33. The first kappa shape index (κ1) is 15.7. The van der Waals surface area contributed by atoms with E-state index >= 15 is 0 Å². The van der Waals surface area contributed by atoms with Gasteiger partial charge in [0.2, 0.25) is 0 Å². The van der Waals surface area contributed by atoms with Crippen LogP contribution in [-0.4, -0.2) is 12.6 Å². The van der Waals surface area contributed by atoms with Crippen molar-refractivity contribution in [3.05, 3.63) is 36.0 Å². The van der Waals surface area contributed by atoms with Crippen molar-refractivity contribution in [2.24, 2.45) is 17.3 Å². The Balaban J connectivity index is 2.41. The molecule has 0 bridgehead atoms. The predicted molar refractivity (Wildman–Crippen MR) is 79.7 cm³/mol. The maximum atomic E-state index is 12.0. The van der Waals surface area contributed by atoms with Gasteiger partial charge in [-0.05, 0) is 38.5 Å². The monoisotopic (exact) mass is 262 g/mol. The summed E-state index contributed by atoms with van der Waals surface area (Å²) >= 11 is 0. The second-order valence-electron chi connectivity index (χ2n) is 6.33. The maximum Gasteiger partial charge on any atom is 0.310 e. The second kappa shape index (κ2) is 6.23. The van der Waals surface area contributed by atoms with Crippen LogP contribution in [0.3, 0.4) is 0 Å². The van der Waals surface area contributed by atoms with Gasteiger partial charge in [-0.2, -0.15) is 0 Å². The van der Waals surface area contributed by atoms with E-state index in [4.69, 9.17) is 4.74 Å². The Labute approximate surface area is 117 Å². The molecule has 0 aromatic rings. The van der Waals surface area contributed by atoms with Crippen molar-refractivity contribution in [2.45, 2.75) is 41.0 Å². The number of esters is 1. The number of allylic oxidation sites excluding steroid dienone is 4. The summed E-state index contributed by atoms with van der Waals surface area (Å²) in [5.74, 6) is 0.258. The molecule has 1 aliphatic rings. The lowest BCUT2D eigenvalue weighted by molar-refractivity contribution is -0.144. The molecule has 0 heterocycles. The van der Waals surface area contributed by atoms with E-state index in [9.17, 15) is 4.79 Å². The zero-order valence-corrected chi connectivity index (χ0v) is 12.8. The molecule has 1 saturated carbocycles. The average Bonchev–Trinajstić information content (AvgIpc) is 2.78. The van der Waals surface area contributed by atoms with Crippen LogP contribution in [0.4, 0.5) is 0 Å². The van der Waals surface area contributed by atoms with E-state index in [2.05, 4.69) is 40.3 Å². The first-order valence-electron chi connectivity index (χ1n) is 6.88. The first-order valence-corrected chi connectivity index (χ1v) is 6.88. The van der Waals surface area contributed by atoms with Crippen LogP contribution < -0.4 is 0 Å². The predicted octanol–water partition coefficient (Wildman–Crippen LogP) is 4.29. The quantitative estimate of drug-likeness (QED) is 0.527. The Morgan fingerprint density at radius 1 is 1.26 bits per heavy atom. The van der Waals surface area contributed by atoms with E-state index in [1.165, 1.54) is 5.57 Å². The molecule has 19 heavy (non-hydrogen) atoms. The van der Waals surface area contributed by atoms with E-state index in [1.807, 2.05) is 19.1 Å². The molecule has 2 unspecified atom stereocenters. The summed E-state index contributed by atoms with van der Waals surface area (Å²) in [5.41, 5.74) is 2.40. The fourth-order valence-electron chi connectivity index (χ4n) is 2.37. The topological polar surface area (TPSA) is 26.3 Å². The van der Waals surface area contributed by atoms with E-state index in [0.717, 1.165) is 12.0 Å². The van der Waals surface area contributed by atoms with Gasteiger partial charge in [0, 0.05) is 0 Å². The van der Waals surface area contributed by atoms with Crippen molar-refractivity contribution in [3.63, 3.8) is 0 Å². The molecule has 0 saturated heterocycles. The van der Waals surface area contributed by atoms with E-state index in [1.54, 1.807) is 0 Å². The fourth-order valence-corrected chi connectivity index (χ4v) is 2.37. The summed E-state index contributed by atoms with van der Waals surface area (Å²) in [7, 11) is 0. The summed E-state index contributed by atoms with van der Waals surface area (Å²) < 4.78 is 5.31. The van der Waals surface area contributed by atoms with Crippen LogP contribution in [0.1, 0.15) is 41.0 Å². The minimum atomic E-state index is -0.0764. The zero-order valence-electron chi connectivity index (χ0n) is 12.8. The number of carbonyl (C=O) groups is 1. The van der Waals surface area contributed by atoms with Crippen LogP contribution in [0.25, 0.3) is 0 Å². The Bertz CT molecular complexity index is 409. The molecule has 0 radical (unpaired) electrons. The van der Waals surface area contributed by atoms with Crippen molar-refractivity contribution in [1.29, 1.82) is 0 Å². The summed E-state index contributed by atoms with van der Waals surface area (Å²) in [5, 5.41) is 0. The van der Waals surface area contributed by atoms with Gasteiger partial charge in [-0.25, -0.2) is 0 Å². The van der Waals surface area contributed by atoms with Crippen molar-refractivity contribution >= 4 is 5.97 Å². The summed E-state index contributed by atoms with van der Waals surface area (Å²) in [6, 6.07) is 0. The maximum absolute atomic E-state index is 12.0. The largest absolute Gasteiger partial charge is 0.461 e. The molecule has 0 amide bonds. The molecule has 0 aliphatic heterocycles. The summed E-state index contributed by atoms with van der Waals surface area (Å²) in [6.07, 6.45) is 6.90. The fraction of sp³-hybridized carbons (Fsp3) is 0.588. The van der Waals surface area contributed by atoms with Gasteiger partial charge >= 0.3 is 5.97 Å². The van der Waals surface area contributed by atoms with Gasteiger partial charge in [0.05, 0.1) is 5.92 Å². The number of hydrogen-bond donors (Lipinski definition) is 0. The third-order valence-corrected chi connectivity index (χ3v) is 3.63. The number of hydrogen-bond acceptors (Lipinski definition) is 2. The summed E-state index contributed by atoms with van der Waals surface area (Å²) in [6.45, 7) is 14.5. The smallest absolute Gasteiger partial charge is 0.310 e. The van der Waals surface area contributed by atoms with Gasteiger partial charge in [-0.1, -0.05) is 49.8 Å². The van der Waals surface area contributed by atoms with Gasteiger partial charge in [0.15, 0.2) is 0 Å². The molecule has 2 atom stereocenters. The molecule has 2 nitrogen and oxygen atoms in total. The van der Waals surface area contributed by atoms with Crippen LogP contribution in [0, 0.1) is 17.3 Å². The molecule has 1 aliphatic carbocycles. The van der Waals surface area contributed by atoms with Crippen LogP contribution >= 0.6 is 0 Å². The Hall–Kier alpha value is -1.31. The number of carbonyl (C=O) groups excluding carboxylic acids is 1. The minimum Gasteiger partial charge on any atom is -0.461 e. The van der Waals surface area contributed by atoms with Crippen LogP contribution in [0.5, 0.6) is 0 Å². The first-order chi connectivity index (χ1) is 8.76. The molecule has 0 aromatic carbocycles. The standard InChI is InChI=1S/C17H26O2/c1-12(2)9-7-8-10-19-16(18)15-14(11-13(3)4)17(15,5)6/h7-8,11,14-15H,1,9-10H2,2-6H3. The normalized spacial score (nSPS) is 24.1. The third kappa shape index (κ3) is 4.38. The van der Waals surface area contributed by atoms with Crippen LogP contribution in [0.15, 0.2) is 36.0 Å². The highest BCUT2D eigenvalue weighted by molar-refractivity contribution is 5.78. The van der Waals surface area contributed by atoms with Crippen molar-refractivity contribution in [3.8, 4) is 0 Å². The average molecular weight is 262 g/mol. The van der Waals surface area contributed by atoms with Crippen molar-refractivity contribution in [2.75, 3.05) is 6.61 Å². The van der Waals surface area contributed by atoms with Crippen LogP contribution in [-0.2, 0) is 9.53 Å². The minimum absolute atomic E-state index is 0.0111. The molecular formula is C17H26O2. The van der Waals surface area contributed by atoms with Gasteiger partial charge in [-0.3, -0.25) is 4.79 Å². The Morgan fingerprint density at radius 3 is 2.42 bits per heavy atom. The van der Waals surface area contributed by atoms with E-state index in [0.29, 0.717) is 12.5 Å². The third-order valence-electron chi connectivity index (χ3n) is 3.63. The molecule has 0 spiro atoms. The van der Waals surface area contributed by atoms with Gasteiger partial charge in [0.1, 0.15) is 6.61 Å². The highest BCUT2D eigenvalue weighted by Gasteiger charge is 2.61. The highest BCUT2D eigenvalue weighted by atomic mass is 16.5. The Morgan fingerprint density at radius 2 is 1.89 bits per heavy atom. The molecule has 2 heteroatoms. The van der Waals surface area contributed by atoms with E-state index < -0.39 is 0 Å². The molecule has 106 valence electrons. The van der Waals surface area contributed by atoms with Gasteiger partial charge < -0.3 is 4.74 Å². The Kier molecular flexibility index (Phi) is 5.16. The summed E-state index contributed by atoms with van der Waals surface area (Å²) in [4.78, 5) is 12.0. The SMILES string of the molecule is C=C(C)CC=CCOC(=O)C1C(C=C(C)C)C1(C)C. The molecule has 0 N–H and O–H groups in total. The highest BCUT2D eigenvalue weighted by Crippen LogP contribution is 2.59. The molecule has 1 rings (SSSR count). The lowest BCUT2D eigenvalue weighted by Gasteiger charge is -2.02. The van der Waals surface area contributed by atoms with Crippen LogP contribution in [0.2, 0.25) is 0 Å². The van der Waals surface area contributed by atoms with Gasteiger partial charge in [0.25, 0.3) is 0 Å². The lowest BCUT2D eigenvalue weighted by atomic mass is 10.1.